The van der Waals surface area contributed by atoms with Crippen LogP contribution in [0.2, 0.25) is 0 Å². The topological polar surface area (TPSA) is 72.0 Å². The Labute approximate surface area is 104 Å². The largest absolute Gasteiger partial charge is 0.466 e. The molecule has 5 heteroatoms. The van der Waals surface area contributed by atoms with E-state index in [1.54, 1.807) is 25.1 Å². The van der Waals surface area contributed by atoms with Gasteiger partial charge >= 0.3 is 5.97 Å². The molecule has 94 valence electrons. The Morgan fingerprint density at radius 2 is 2.17 bits per heavy atom. The van der Waals surface area contributed by atoms with Gasteiger partial charge in [-0.1, -0.05) is 12.1 Å². The fourth-order valence-electron chi connectivity index (χ4n) is 1.71. The summed E-state index contributed by atoms with van der Waals surface area (Å²) in [7, 11) is 0. The van der Waals surface area contributed by atoms with E-state index >= 15 is 0 Å². The van der Waals surface area contributed by atoms with E-state index in [0.29, 0.717) is 29.8 Å². The first-order chi connectivity index (χ1) is 8.70. The molecular formula is C13H14N2O3. The van der Waals surface area contributed by atoms with E-state index in [4.69, 9.17) is 4.74 Å². The molecule has 0 spiro atoms. The summed E-state index contributed by atoms with van der Waals surface area (Å²) in [6, 6.07) is 7.11. The molecule has 0 bridgehead atoms. The SMILES string of the molecule is CCOC(=O)CCc1nc2ccccc2c(=O)[nH]1. The predicted molar refractivity (Wildman–Crippen MR) is 67.3 cm³/mol. The number of carbonyl (C=O) groups excluding carboxylic acids is 1. The molecule has 2 rings (SSSR count). The van der Waals surface area contributed by atoms with Gasteiger partial charge in [-0.25, -0.2) is 4.98 Å². The molecule has 5 nitrogen and oxygen atoms in total. The lowest BCUT2D eigenvalue weighted by molar-refractivity contribution is -0.143. The molecule has 0 aliphatic rings. The van der Waals surface area contributed by atoms with Gasteiger partial charge in [0.25, 0.3) is 5.56 Å². The Hall–Kier alpha value is -2.17. The van der Waals surface area contributed by atoms with Crippen molar-refractivity contribution in [1.29, 1.82) is 0 Å². The lowest BCUT2D eigenvalue weighted by Crippen LogP contribution is -2.13. The van der Waals surface area contributed by atoms with Crippen molar-refractivity contribution >= 4 is 16.9 Å². The Morgan fingerprint density at radius 3 is 2.94 bits per heavy atom. The van der Waals surface area contributed by atoms with Crippen LogP contribution in [0, 0.1) is 0 Å². The number of para-hydroxylation sites is 1. The second-order valence-electron chi connectivity index (χ2n) is 3.83. The number of benzene rings is 1. The van der Waals surface area contributed by atoms with Gasteiger partial charge in [-0.2, -0.15) is 0 Å². The zero-order valence-corrected chi connectivity index (χ0v) is 10.1. The van der Waals surface area contributed by atoms with Crippen LogP contribution in [0.5, 0.6) is 0 Å². The van der Waals surface area contributed by atoms with Crippen molar-refractivity contribution < 1.29 is 9.53 Å². The number of esters is 1. The van der Waals surface area contributed by atoms with Crippen LogP contribution in [0.25, 0.3) is 10.9 Å². The van der Waals surface area contributed by atoms with E-state index in [9.17, 15) is 9.59 Å². The molecule has 0 atom stereocenters. The van der Waals surface area contributed by atoms with E-state index in [2.05, 4.69) is 9.97 Å². The van der Waals surface area contributed by atoms with Crippen LogP contribution in [0.1, 0.15) is 19.2 Å². The van der Waals surface area contributed by atoms with E-state index in [1.165, 1.54) is 0 Å². The van der Waals surface area contributed by atoms with Crippen LogP contribution in [0.15, 0.2) is 29.1 Å². The van der Waals surface area contributed by atoms with Gasteiger partial charge in [0.1, 0.15) is 5.82 Å². The molecule has 0 saturated carbocycles. The first kappa shape index (κ1) is 12.3. The van der Waals surface area contributed by atoms with Crippen LogP contribution in [-0.4, -0.2) is 22.5 Å². The van der Waals surface area contributed by atoms with Crippen molar-refractivity contribution in [2.45, 2.75) is 19.8 Å². The zero-order chi connectivity index (χ0) is 13.0. The lowest BCUT2D eigenvalue weighted by Gasteiger charge is -2.03. The van der Waals surface area contributed by atoms with E-state index in [-0.39, 0.29) is 17.9 Å². The maximum atomic E-state index is 11.8. The molecule has 18 heavy (non-hydrogen) atoms. The maximum absolute atomic E-state index is 11.8. The Morgan fingerprint density at radius 1 is 1.39 bits per heavy atom. The Kier molecular flexibility index (Phi) is 3.72. The summed E-state index contributed by atoms with van der Waals surface area (Å²) in [4.78, 5) is 30.0. The molecule has 0 saturated heterocycles. The number of carbonyl (C=O) groups is 1. The summed E-state index contributed by atoms with van der Waals surface area (Å²) in [5, 5.41) is 0.553. The van der Waals surface area contributed by atoms with Gasteiger partial charge in [0.05, 0.1) is 23.9 Å². The standard InChI is InChI=1S/C13H14N2O3/c1-2-18-12(16)8-7-11-14-10-6-4-3-5-9(10)13(17)15-11/h3-6H,2,7-8H2,1H3,(H,14,15,17). The van der Waals surface area contributed by atoms with Crippen molar-refractivity contribution in [3.8, 4) is 0 Å². The molecule has 0 amide bonds. The molecule has 1 heterocycles. The number of hydrogen-bond donors (Lipinski definition) is 1. The first-order valence-electron chi connectivity index (χ1n) is 5.84. The fraction of sp³-hybridized carbons (Fsp3) is 0.308. The summed E-state index contributed by atoms with van der Waals surface area (Å²) in [5.74, 6) is 0.222. The fourth-order valence-corrected chi connectivity index (χ4v) is 1.71. The highest BCUT2D eigenvalue weighted by molar-refractivity contribution is 5.77. The van der Waals surface area contributed by atoms with Crippen LogP contribution >= 0.6 is 0 Å². The van der Waals surface area contributed by atoms with Crippen molar-refractivity contribution in [3.05, 3.63) is 40.4 Å². The normalized spacial score (nSPS) is 10.5. The van der Waals surface area contributed by atoms with Gasteiger partial charge in [0.2, 0.25) is 0 Å². The van der Waals surface area contributed by atoms with Crippen molar-refractivity contribution in [1.82, 2.24) is 9.97 Å². The molecule has 0 radical (unpaired) electrons. The number of nitrogens with zero attached hydrogens (tertiary/aromatic N) is 1. The van der Waals surface area contributed by atoms with Gasteiger partial charge in [-0.3, -0.25) is 9.59 Å². The highest BCUT2D eigenvalue weighted by atomic mass is 16.5. The van der Waals surface area contributed by atoms with Gasteiger partial charge in [-0.15, -0.1) is 0 Å². The number of fused-ring (bicyclic) bond motifs is 1. The molecule has 0 aliphatic heterocycles. The van der Waals surface area contributed by atoms with Crippen molar-refractivity contribution in [2.75, 3.05) is 6.61 Å². The number of hydrogen-bond acceptors (Lipinski definition) is 4. The quantitative estimate of drug-likeness (QED) is 0.828. The van der Waals surface area contributed by atoms with Gasteiger partial charge in [-0.05, 0) is 19.1 Å². The van der Waals surface area contributed by atoms with Crippen LogP contribution in [0.4, 0.5) is 0 Å². The van der Waals surface area contributed by atoms with E-state index in [1.807, 2.05) is 6.07 Å². The second-order valence-corrected chi connectivity index (χ2v) is 3.83. The molecule has 2 aromatic rings. The minimum absolute atomic E-state index is 0.181. The van der Waals surface area contributed by atoms with E-state index < -0.39 is 0 Å². The number of aromatic nitrogens is 2. The highest BCUT2D eigenvalue weighted by Gasteiger charge is 2.06. The second kappa shape index (κ2) is 5.44. The summed E-state index contributed by atoms with van der Waals surface area (Å²) < 4.78 is 4.82. The third kappa shape index (κ3) is 2.74. The molecule has 0 aliphatic carbocycles. The predicted octanol–water partition coefficient (Wildman–Crippen LogP) is 1.42. The summed E-state index contributed by atoms with van der Waals surface area (Å²) in [5.41, 5.74) is 0.458. The summed E-state index contributed by atoms with van der Waals surface area (Å²) >= 11 is 0. The highest BCUT2D eigenvalue weighted by Crippen LogP contribution is 2.06. The van der Waals surface area contributed by atoms with Gasteiger partial charge in [0.15, 0.2) is 0 Å². The smallest absolute Gasteiger partial charge is 0.306 e. The van der Waals surface area contributed by atoms with Crippen molar-refractivity contribution in [2.24, 2.45) is 0 Å². The van der Waals surface area contributed by atoms with Gasteiger partial charge in [0, 0.05) is 6.42 Å². The van der Waals surface area contributed by atoms with Gasteiger partial charge < -0.3 is 9.72 Å². The maximum Gasteiger partial charge on any atom is 0.306 e. The van der Waals surface area contributed by atoms with Crippen LogP contribution in [0.3, 0.4) is 0 Å². The van der Waals surface area contributed by atoms with Crippen LogP contribution in [-0.2, 0) is 16.0 Å². The molecular weight excluding hydrogens is 232 g/mol. The first-order valence-corrected chi connectivity index (χ1v) is 5.84. The zero-order valence-electron chi connectivity index (χ0n) is 10.1. The average Bonchev–Trinajstić information content (AvgIpc) is 2.37. The van der Waals surface area contributed by atoms with E-state index in [0.717, 1.165) is 0 Å². The molecule has 1 aromatic heterocycles. The number of H-pyrrole nitrogens is 1. The van der Waals surface area contributed by atoms with Crippen molar-refractivity contribution in [3.63, 3.8) is 0 Å². The lowest BCUT2D eigenvalue weighted by atomic mass is 10.2. The minimum atomic E-state index is -0.284. The third-order valence-electron chi connectivity index (χ3n) is 2.53. The number of rotatable bonds is 4. The monoisotopic (exact) mass is 246 g/mol. The molecule has 0 unspecified atom stereocenters. The molecule has 1 aromatic carbocycles. The third-order valence-corrected chi connectivity index (χ3v) is 2.53. The summed E-state index contributed by atoms with van der Waals surface area (Å²) in [6.45, 7) is 2.12. The number of aryl methyl sites for hydroxylation is 1. The number of ether oxygens (including phenoxy) is 1. The summed E-state index contributed by atoms with van der Waals surface area (Å²) in [6.07, 6.45) is 0.591. The Balaban J connectivity index is 2.20. The Bertz CT molecular complexity index is 619. The molecule has 0 fully saturated rings. The van der Waals surface area contributed by atoms with Crippen LogP contribution < -0.4 is 5.56 Å². The minimum Gasteiger partial charge on any atom is -0.466 e. The number of nitrogens with one attached hydrogen (secondary N) is 1. The molecule has 1 N–H and O–H groups in total. The average molecular weight is 246 g/mol. The number of aromatic amines is 1.